The second-order valence-corrected chi connectivity index (χ2v) is 14.4. The Morgan fingerprint density at radius 2 is 1.26 bits per heavy atom. The van der Waals surface area contributed by atoms with Crippen LogP contribution in [0.3, 0.4) is 0 Å². The van der Waals surface area contributed by atoms with Gasteiger partial charge in [0.05, 0.1) is 11.3 Å². The summed E-state index contributed by atoms with van der Waals surface area (Å²) < 4.78 is 2.26. The Labute approximate surface area is 295 Å². The van der Waals surface area contributed by atoms with Crippen molar-refractivity contribution in [1.29, 1.82) is 0 Å². The van der Waals surface area contributed by atoms with Crippen molar-refractivity contribution in [3.05, 3.63) is 99.1 Å². The SMILES string of the molecule is CN(C)c1ccc2c(c1)N(C)c1cc(N(C)C)c(C3C(=[OH+])C(=c4cc5c(cc4N(C)C)=[N+](C)c4cc(N(C)C)ccc4C5)C3O)cc1C2.[OH-].[OH-]. The lowest BCUT2D eigenvalue weighted by atomic mass is 9.69. The molecule has 0 spiro atoms. The molecule has 7 rings (SSSR count). The molecule has 2 heterocycles. The van der Waals surface area contributed by atoms with Gasteiger partial charge in [-0.15, -0.1) is 0 Å². The van der Waals surface area contributed by atoms with E-state index in [1.165, 1.54) is 45.0 Å². The Bertz CT molecular complexity index is 2140. The van der Waals surface area contributed by atoms with Gasteiger partial charge in [0.25, 0.3) is 0 Å². The van der Waals surface area contributed by atoms with Crippen molar-refractivity contribution >= 4 is 51.2 Å². The lowest BCUT2D eigenvalue weighted by Gasteiger charge is -2.36. The first-order valence-corrected chi connectivity index (χ1v) is 16.6. The van der Waals surface area contributed by atoms with Crippen molar-refractivity contribution in [2.24, 2.45) is 0 Å². The van der Waals surface area contributed by atoms with Crippen LogP contribution in [0.25, 0.3) is 5.57 Å². The molecule has 1 fully saturated rings. The van der Waals surface area contributed by atoms with Gasteiger partial charge in [-0.3, -0.25) is 4.79 Å². The molecule has 4 aromatic carbocycles. The Hall–Kier alpha value is -4.90. The van der Waals surface area contributed by atoms with E-state index in [1.807, 2.05) is 28.2 Å². The van der Waals surface area contributed by atoms with Gasteiger partial charge in [-0.05, 0) is 47.0 Å². The number of anilines is 6. The summed E-state index contributed by atoms with van der Waals surface area (Å²) in [4.78, 5) is 22.6. The van der Waals surface area contributed by atoms with Crippen LogP contribution in [0, 0.1) is 0 Å². The van der Waals surface area contributed by atoms with Crippen LogP contribution in [0.15, 0.2) is 60.7 Å². The van der Waals surface area contributed by atoms with Crippen molar-refractivity contribution in [3.8, 4) is 0 Å². The Morgan fingerprint density at radius 1 is 0.680 bits per heavy atom. The number of benzene rings is 4. The molecule has 2 atom stereocenters. The van der Waals surface area contributed by atoms with E-state index in [1.54, 1.807) is 0 Å². The smallest absolute Gasteiger partial charge is 0.333 e. The first-order chi connectivity index (χ1) is 22.8. The number of carbonyl (C=O) groups excluding carboxylic acids is 1. The molecular weight excluding hydrogens is 628 g/mol. The van der Waals surface area contributed by atoms with E-state index in [0.29, 0.717) is 5.57 Å². The maximum Gasteiger partial charge on any atom is 0.333 e. The summed E-state index contributed by atoms with van der Waals surface area (Å²) in [5, 5.41) is 14.0. The first-order valence-electron chi connectivity index (χ1n) is 16.6. The molecule has 3 aliphatic rings. The third-order valence-corrected chi connectivity index (χ3v) is 10.6. The number of rotatable bonds is 5. The van der Waals surface area contributed by atoms with E-state index in [9.17, 15) is 9.90 Å². The fourth-order valence-electron chi connectivity index (χ4n) is 7.80. The average molecular weight is 679 g/mol. The van der Waals surface area contributed by atoms with Gasteiger partial charge in [-0.2, -0.15) is 4.58 Å². The van der Waals surface area contributed by atoms with E-state index in [4.69, 9.17) is 0 Å². The van der Waals surface area contributed by atoms with Gasteiger partial charge in [0.15, 0.2) is 0 Å². The summed E-state index contributed by atoms with van der Waals surface area (Å²) in [7, 11) is 20.6. The predicted molar refractivity (Wildman–Crippen MR) is 206 cm³/mol. The third kappa shape index (κ3) is 5.57. The highest BCUT2D eigenvalue weighted by Crippen LogP contribution is 2.47. The zero-order valence-corrected chi connectivity index (χ0v) is 30.8. The summed E-state index contributed by atoms with van der Waals surface area (Å²) in [5.41, 5.74) is 14.3. The Kier molecular flexibility index (Phi) is 9.53. The number of aliphatic hydroxyl groups excluding tert-OH is 1. The van der Waals surface area contributed by atoms with E-state index in [2.05, 4.69) is 132 Å². The number of aliphatic hydroxyl groups is 1. The highest BCUT2D eigenvalue weighted by molar-refractivity contribution is 6.29. The Morgan fingerprint density at radius 3 is 1.86 bits per heavy atom. The number of hydrogen-bond acceptors (Lipinski definition) is 8. The second kappa shape index (κ2) is 13.1. The van der Waals surface area contributed by atoms with Gasteiger partial charge in [0.1, 0.15) is 19.1 Å². The molecule has 1 aliphatic carbocycles. The molecule has 4 N–H and O–H groups in total. The van der Waals surface area contributed by atoms with E-state index < -0.39 is 12.0 Å². The van der Waals surface area contributed by atoms with E-state index in [0.717, 1.165) is 46.0 Å². The molecule has 2 unspecified atom stereocenters. The molecule has 0 aromatic heterocycles. The van der Waals surface area contributed by atoms with Crippen LogP contribution in [-0.2, 0) is 12.8 Å². The van der Waals surface area contributed by atoms with Crippen LogP contribution in [0.4, 0.5) is 39.8 Å². The van der Waals surface area contributed by atoms with Gasteiger partial charge in [0.2, 0.25) is 11.0 Å². The number of ketones is 1. The summed E-state index contributed by atoms with van der Waals surface area (Å²) in [6.45, 7) is 0. The monoisotopic (exact) mass is 678 g/mol. The number of nitrogens with zero attached hydrogens (tertiary/aromatic N) is 6. The van der Waals surface area contributed by atoms with Crippen molar-refractivity contribution in [2.45, 2.75) is 24.9 Å². The minimum absolute atomic E-state index is 0. The van der Waals surface area contributed by atoms with Gasteiger partial charge < -0.3 is 40.6 Å². The summed E-state index contributed by atoms with van der Waals surface area (Å²) in [6, 6.07) is 22.1. The van der Waals surface area contributed by atoms with Crippen molar-refractivity contribution in [2.75, 3.05) is 95.0 Å². The van der Waals surface area contributed by atoms with Crippen LogP contribution in [0.5, 0.6) is 0 Å². The molecule has 0 amide bonds. The summed E-state index contributed by atoms with van der Waals surface area (Å²) in [6.07, 6.45) is 0.743. The molecule has 0 bridgehead atoms. The Balaban J connectivity index is 0.00000243. The molecule has 2 aliphatic heterocycles. The highest BCUT2D eigenvalue weighted by atomic mass is 16.3. The summed E-state index contributed by atoms with van der Waals surface area (Å²) in [5.74, 6) is -0.265. The van der Waals surface area contributed by atoms with Crippen LogP contribution < -0.4 is 39.7 Å². The largest absolute Gasteiger partial charge is 0.870 e. The van der Waals surface area contributed by atoms with Gasteiger partial charge >= 0.3 is 5.78 Å². The first kappa shape index (κ1) is 36.4. The molecular formula is C40H50N6O4. The van der Waals surface area contributed by atoms with Crippen molar-refractivity contribution in [3.63, 3.8) is 0 Å². The molecule has 0 radical (unpaired) electrons. The number of fused-ring (bicyclic) bond motifs is 4. The van der Waals surface area contributed by atoms with Crippen LogP contribution in [0.2, 0.25) is 0 Å². The quantitative estimate of drug-likeness (QED) is 0.252. The minimum Gasteiger partial charge on any atom is -0.870 e. The van der Waals surface area contributed by atoms with Gasteiger partial charge in [-0.25, -0.2) is 0 Å². The number of hydrogen-bond donors (Lipinski definition) is 1. The summed E-state index contributed by atoms with van der Waals surface area (Å²) >= 11 is 0. The van der Waals surface area contributed by atoms with E-state index in [-0.39, 0.29) is 16.7 Å². The predicted octanol–water partition coefficient (Wildman–Crippen LogP) is 3.48. The van der Waals surface area contributed by atoms with Gasteiger partial charge in [-0.1, -0.05) is 18.2 Å². The van der Waals surface area contributed by atoms with Crippen LogP contribution in [-0.4, -0.2) is 103 Å². The molecule has 10 heteroatoms. The molecule has 50 heavy (non-hydrogen) atoms. The lowest BCUT2D eigenvalue weighted by molar-refractivity contribution is 0.203. The van der Waals surface area contributed by atoms with E-state index >= 15 is 0 Å². The molecule has 1 saturated carbocycles. The molecule has 10 nitrogen and oxygen atoms in total. The maximum atomic E-state index is 12.0. The van der Waals surface area contributed by atoms with Gasteiger partial charge in [0, 0.05) is 133 Å². The molecule has 4 aromatic rings. The second-order valence-electron chi connectivity index (χ2n) is 14.4. The van der Waals surface area contributed by atoms with Crippen molar-refractivity contribution < 1.29 is 20.9 Å². The minimum atomic E-state index is -0.842. The average Bonchev–Trinajstić information content (AvgIpc) is 3.04. The highest BCUT2D eigenvalue weighted by Gasteiger charge is 2.53. The van der Waals surface area contributed by atoms with Crippen LogP contribution >= 0.6 is 0 Å². The molecule has 0 saturated heterocycles. The van der Waals surface area contributed by atoms with Crippen molar-refractivity contribution in [1.82, 2.24) is 4.58 Å². The topological polar surface area (TPSA) is 121 Å². The fraction of sp³-hybridized carbons (Fsp3) is 0.350. The standard InChI is InChI=1S/C40H47N6O2.2H2O/c1-41(2)27-13-11-23-15-25-17-29(35(43(5)6)21-33(25)45(9)31(23)19-27)37-39(47)38(40(37)48)30-18-26-16-24-12-14-28(42(3)4)20-32(24)46(10)34(26)22-36(30)44(7)8;;/h11-14,17-22,37,39,47H,15-16H2,1-10H3;2*1H2/q+1;;/p-1. The van der Waals surface area contributed by atoms with Crippen LogP contribution in [0.1, 0.15) is 33.7 Å². The normalized spacial score (nSPS) is 18.0. The fourth-order valence-corrected chi connectivity index (χ4v) is 7.80. The molecule has 264 valence electrons. The zero-order chi connectivity index (χ0) is 34.3. The lowest BCUT2D eigenvalue weighted by Crippen LogP contribution is -2.47. The third-order valence-electron chi connectivity index (χ3n) is 10.6. The zero-order valence-electron chi connectivity index (χ0n) is 30.8. The maximum absolute atomic E-state index is 12.0.